The second kappa shape index (κ2) is 8.09. The molecule has 136 valence electrons. The standard InChI is InChI=1S/C16H20ClN3O4S/c1-19(2)9-4-10-25(22,23)16-18-11-14(20(16)3)15(24-21)12-5-7-13(17)8-6-12/h5-8,11H,4,9-10H2,1-3H3/b15-14-. The minimum atomic E-state index is -3.56. The van der Waals surface area contributed by atoms with Gasteiger partial charge in [0, 0.05) is 10.6 Å². The lowest BCUT2D eigenvalue weighted by molar-refractivity contribution is -0.658. The van der Waals surface area contributed by atoms with Gasteiger partial charge in [-0.15, -0.1) is 0 Å². The summed E-state index contributed by atoms with van der Waals surface area (Å²) in [6.07, 6.45) is 1.81. The van der Waals surface area contributed by atoms with Crippen molar-refractivity contribution >= 4 is 38.6 Å². The van der Waals surface area contributed by atoms with Gasteiger partial charge in [-0.05, 0) is 56.3 Å². The molecule has 0 fully saturated rings. The monoisotopic (exact) mass is 385 g/mol. The summed E-state index contributed by atoms with van der Waals surface area (Å²) >= 11 is 5.84. The minimum absolute atomic E-state index is 0.0126. The molecule has 0 saturated carbocycles. The number of hydrogen-bond acceptors (Lipinski definition) is 6. The van der Waals surface area contributed by atoms with Gasteiger partial charge in [-0.1, -0.05) is 11.6 Å². The molecule has 0 radical (unpaired) electrons. The summed E-state index contributed by atoms with van der Waals surface area (Å²) in [7, 11) is 1.73. The molecule has 0 spiro atoms. The molecule has 1 aliphatic heterocycles. The summed E-state index contributed by atoms with van der Waals surface area (Å²) < 4.78 is 26.3. The molecule has 0 aliphatic carbocycles. The third-order valence-electron chi connectivity index (χ3n) is 3.66. The highest BCUT2D eigenvalue weighted by atomic mass is 35.5. The molecule has 1 aromatic carbocycles. The van der Waals surface area contributed by atoms with Crippen LogP contribution in [0.3, 0.4) is 0 Å². The number of allylic oxidation sites excluding steroid dienone is 1. The average Bonchev–Trinajstić information content (AvgIpc) is 2.92. The number of rotatable bonds is 6. The van der Waals surface area contributed by atoms with Crippen LogP contribution in [0.5, 0.6) is 0 Å². The molecule has 0 aromatic heterocycles. The third kappa shape index (κ3) is 4.66. The molecule has 9 heteroatoms. The summed E-state index contributed by atoms with van der Waals surface area (Å²) in [5.74, 6) is -0.0364. The van der Waals surface area contributed by atoms with Crippen molar-refractivity contribution in [3.05, 3.63) is 40.5 Å². The lowest BCUT2D eigenvalue weighted by Crippen LogP contribution is -2.25. The Morgan fingerprint density at radius 3 is 2.52 bits per heavy atom. The molecule has 0 amide bonds. The van der Waals surface area contributed by atoms with Crippen molar-refractivity contribution in [1.82, 2.24) is 4.90 Å². The Bertz CT molecular complexity index is 827. The van der Waals surface area contributed by atoms with Crippen molar-refractivity contribution < 1.29 is 23.1 Å². The van der Waals surface area contributed by atoms with Crippen LogP contribution in [0.1, 0.15) is 12.0 Å². The fourth-order valence-electron chi connectivity index (χ4n) is 2.39. The lowest BCUT2D eigenvalue weighted by atomic mass is 10.1. The van der Waals surface area contributed by atoms with Crippen LogP contribution in [0, 0.1) is 0 Å². The minimum Gasteiger partial charge on any atom is -0.664 e. The Balaban J connectivity index is 2.36. The van der Waals surface area contributed by atoms with Crippen molar-refractivity contribution in [3.63, 3.8) is 0 Å². The zero-order valence-corrected chi connectivity index (χ0v) is 15.8. The predicted octanol–water partition coefficient (Wildman–Crippen LogP) is 0.750. The lowest BCUT2D eigenvalue weighted by Gasteiger charge is -2.14. The second-order valence-electron chi connectivity index (χ2n) is 5.88. The van der Waals surface area contributed by atoms with Crippen LogP contribution in [-0.2, 0) is 14.7 Å². The first-order chi connectivity index (χ1) is 11.8. The molecule has 1 heterocycles. The van der Waals surface area contributed by atoms with E-state index in [-0.39, 0.29) is 22.4 Å². The maximum atomic E-state index is 12.5. The molecule has 25 heavy (non-hydrogen) atoms. The number of halogens is 1. The van der Waals surface area contributed by atoms with Gasteiger partial charge in [0.1, 0.15) is 0 Å². The van der Waals surface area contributed by atoms with Crippen LogP contribution in [0.4, 0.5) is 0 Å². The smallest absolute Gasteiger partial charge is 0.417 e. The van der Waals surface area contributed by atoms with E-state index in [0.29, 0.717) is 23.6 Å². The van der Waals surface area contributed by atoms with Crippen LogP contribution >= 0.6 is 11.6 Å². The molecule has 2 rings (SSSR count). The third-order valence-corrected chi connectivity index (χ3v) is 5.68. The highest BCUT2D eigenvalue weighted by Crippen LogP contribution is 2.23. The summed E-state index contributed by atoms with van der Waals surface area (Å²) in [6.45, 7) is 0.655. The molecule has 0 bridgehead atoms. The predicted molar refractivity (Wildman–Crippen MR) is 96.1 cm³/mol. The molecule has 0 saturated heterocycles. The average molecular weight is 386 g/mol. The normalized spacial score (nSPS) is 16.7. The molecular weight excluding hydrogens is 366 g/mol. The van der Waals surface area contributed by atoms with E-state index >= 15 is 0 Å². The zero-order valence-electron chi connectivity index (χ0n) is 14.3. The molecule has 1 aliphatic rings. The van der Waals surface area contributed by atoms with Crippen molar-refractivity contribution in [2.45, 2.75) is 6.42 Å². The van der Waals surface area contributed by atoms with E-state index in [2.05, 4.69) is 9.88 Å². The highest BCUT2D eigenvalue weighted by Gasteiger charge is 2.35. The van der Waals surface area contributed by atoms with Crippen LogP contribution in [0.2, 0.25) is 5.02 Å². The number of amidine groups is 1. The Morgan fingerprint density at radius 1 is 1.32 bits per heavy atom. The molecule has 7 nitrogen and oxygen atoms in total. The summed E-state index contributed by atoms with van der Waals surface area (Å²) in [6, 6.07) is 6.47. The maximum absolute atomic E-state index is 12.5. The van der Waals surface area contributed by atoms with E-state index < -0.39 is 9.84 Å². The molecular formula is C16H20ClN3O4S. The second-order valence-corrected chi connectivity index (χ2v) is 8.32. The molecule has 0 atom stereocenters. The Labute approximate surface area is 152 Å². The quantitative estimate of drug-likeness (QED) is 0.312. The van der Waals surface area contributed by atoms with Crippen LogP contribution in [0.15, 0.2) is 35.0 Å². The summed E-state index contributed by atoms with van der Waals surface area (Å²) in [4.78, 5) is 10.1. The van der Waals surface area contributed by atoms with Gasteiger partial charge in [0.25, 0.3) is 9.84 Å². The fourth-order valence-corrected chi connectivity index (χ4v) is 3.94. The maximum Gasteiger partial charge on any atom is 0.417 e. The number of benzene rings is 1. The van der Waals surface area contributed by atoms with Gasteiger partial charge in [-0.3, -0.25) is 0 Å². The number of hydrogen-bond donors (Lipinski definition) is 0. The summed E-state index contributed by atoms with van der Waals surface area (Å²) in [5.41, 5.74) is 0.766. The van der Waals surface area contributed by atoms with E-state index in [1.807, 2.05) is 19.0 Å². The first-order valence-electron chi connectivity index (χ1n) is 7.58. The van der Waals surface area contributed by atoms with Crippen LogP contribution < -0.4 is 5.26 Å². The van der Waals surface area contributed by atoms with Crippen molar-refractivity contribution in [3.8, 4) is 0 Å². The highest BCUT2D eigenvalue weighted by molar-refractivity contribution is 8.06. The largest absolute Gasteiger partial charge is 0.664 e. The number of aliphatic imine (C=N–C) groups is 1. The van der Waals surface area contributed by atoms with Crippen molar-refractivity contribution in [1.29, 1.82) is 0 Å². The topological polar surface area (TPSA) is 85.0 Å². The molecule has 1 aromatic rings. The van der Waals surface area contributed by atoms with Gasteiger partial charge < -0.3 is 15.0 Å². The molecule has 0 N–H and O–H groups in total. The first kappa shape index (κ1) is 19.6. The Kier molecular flexibility index (Phi) is 6.34. The van der Waals surface area contributed by atoms with Gasteiger partial charge in [0.2, 0.25) is 5.70 Å². The summed E-state index contributed by atoms with van der Waals surface area (Å²) in [5, 5.41) is 11.6. The van der Waals surface area contributed by atoms with Gasteiger partial charge in [-0.2, -0.15) is 0 Å². The van der Waals surface area contributed by atoms with Gasteiger partial charge in [0.05, 0.1) is 12.8 Å². The van der Waals surface area contributed by atoms with E-state index in [0.717, 1.165) is 0 Å². The molecule has 0 unspecified atom stereocenters. The number of sulfone groups is 1. The van der Waals surface area contributed by atoms with Crippen LogP contribution in [0.25, 0.3) is 5.76 Å². The zero-order chi connectivity index (χ0) is 18.6. The van der Waals surface area contributed by atoms with Gasteiger partial charge in [-0.25, -0.2) is 13.0 Å². The SMILES string of the molecule is CN(C)CCCS(=O)(=O)C1=[N+](C)/C(=C(\O[O-])c2ccc(Cl)cc2)C=N1. The Morgan fingerprint density at radius 2 is 1.96 bits per heavy atom. The van der Waals surface area contributed by atoms with E-state index in [1.165, 1.54) is 17.8 Å². The number of nitrogens with zero attached hydrogens (tertiary/aromatic N) is 3. The Hall–Kier alpha value is -1.74. The fraction of sp³-hybridized carbons (Fsp3) is 0.375. The van der Waals surface area contributed by atoms with E-state index in [1.54, 1.807) is 24.3 Å². The van der Waals surface area contributed by atoms with Crippen LogP contribution in [-0.4, -0.2) is 62.7 Å². The van der Waals surface area contributed by atoms with E-state index in [9.17, 15) is 13.7 Å². The van der Waals surface area contributed by atoms with Gasteiger partial charge >= 0.3 is 5.17 Å². The van der Waals surface area contributed by atoms with Crippen molar-refractivity contribution in [2.24, 2.45) is 4.99 Å². The van der Waals surface area contributed by atoms with Crippen molar-refractivity contribution in [2.75, 3.05) is 33.4 Å². The first-order valence-corrected chi connectivity index (χ1v) is 9.61. The van der Waals surface area contributed by atoms with Gasteiger partial charge in [0.15, 0.2) is 12.0 Å². The van der Waals surface area contributed by atoms with E-state index in [4.69, 9.17) is 11.6 Å².